The van der Waals surface area contributed by atoms with Gasteiger partial charge in [0.05, 0.1) is 18.4 Å². The summed E-state index contributed by atoms with van der Waals surface area (Å²) in [6.07, 6.45) is -4.43. The normalized spacial score (nSPS) is 11.4. The first kappa shape index (κ1) is 15.9. The van der Waals surface area contributed by atoms with Crippen LogP contribution in [0.5, 0.6) is 5.88 Å². The SMILES string of the molecule is COc1c(NC(=O)c2ccc(C(F)(F)F)cc2)c(C)nn1C. The number of halogens is 3. The number of methoxy groups -OCH3 is 1. The second-order valence-electron chi connectivity index (χ2n) is 4.62. The second kappa shape index (κ2) is 5.70. The molecule has 0 atom stereocenters. The van der Waals surface area contributed by atoms with Gasteiger partial charge in [-0.05, 0) is 31.2 Å². The third-order valence-electron chi connectivity index (χ3n) is 3.08. The van der Waals surface area contributed by atoms with E-state index in [1.54, 1.807) is 14.0 Å². The first-order valence-electron chi connectivity index (χ1n) is 6.30. The second-order valence-corrected chi connectivity index (χ2v) is 4.62. The van der Waals surface area contributed by atoms with Crippen LogP contribution in [0, 0.1) is 6.92 Å². The molecule has 1 heterocycles. The number of amides is 1. The number of carbonyl (C=O) groups excluding carboxylic acids is 1. The molecule has 2 aromatic rings. The van der Waals surface area contributed by atoms with E-state index in [-0.39, 0.29) is 5.56 Å². The van der Waals surface area contributed by atoms with Crippen LogP contribution in [0.4, 0.5) is 18.9 Å². The quantitative estimate of drug-likeness (QED) is 0.947. The van der Waals surface area contributed by atoms with Crippen LogP contribution in [0.15, 0.2) is 24.3 Å². The Morgan fingerprint density at radius 2 is 1.86 bits per heavy atom. The van der Waals surface area contributed by atoms with Crippen molar-refractivity contribution in [3.05, 3.63) is 41.1 Å². The van der Waals surface area contributed by atoms with Crippen LogP contribution in [-0.4, -0.2) is 22.8 Å². The standard InChI is InChI=1S/C14H14F3N3O2/c1-8-11(13(22-3)20(2)19-8)18-12(21)9-4-6-10(7-5-9)14(15,16)17/h4-7H,1-3H3,(H,18,21). The van der Waals surface area contributed by atoms with Crippen molar-refractivity contribution in [1.82, 2.24) is 9.78 Å². The van der Waals surface area contributed by atoms with Gasteiger partial charge in [-0.15, -0.1) is 0 Å². The van der Waals surface area contributed by atoms with E-state index in [2.05, 4.69) is 10.4 Å². The maximum atomic E-state index is 12.5. The maximum absolute atomic E-state index is 12.5. The van der Waals surface area contributed by atoms with Crippen LogP contribution in [0.2, 0.25) is 0 Å². The first-order valence-corrected chi connectivity index (χ1v) is 6.30. The number of rotatable bonds is 3. The molecule has 0 fully saturated rings. The molecule has 0 aliphatic rings. The zero-order valence-electron chi connectivity index (χ0n) is 12.2. The van der Waals surface area contributed by atoms with E-state index in [4.69, 9.17) is 4.74 Å². The summed E-state index contributed by atoms with van der Waals surface area (Å²) < 4.78 is 44.1. The highest BCUT2D eigenvalue weighted by atomic mass is 19.4. The maximum Gasteiger partial charge on any atom is 0.416 e. The van der Waals surface area contributed by atoms with Crippen molar-refractivity contribution in [2.45, 2.75) is 13.1 Å². The van der Waals surface area contributed by atoms with Gasteiger partial charge in [0.15, 0.2) is 0 Å². The molecule has 0 radical (unpaired) electrons. The Bertz CT molecular complexity index is 691. The highest BCUT2D eigenvalue weighted by Gasteiger charge is 2.30. The summed E-state index contributed by atoms with van der Waals surface area (Å²) in [4.78, 5) is 12.1. The molecular formula is C14H14F3N3O2. The molecule has 0 aliphatic heterocycles. The monoisotopic (exact) mass is 313 g/mol. The summed E-state index contributed by atoms with van der Waals surface area (Å²) in [7, 11) is 3.09. The van der Waals surface area contributed by atoms with Gasteiger partial charge < -0.3 is 10.1 Å². The van der Waals surface area contributed by atoms with Gasteiger partial charge in [0.2, 0.25) is 5.88 Å². The molecule has 22 heavy (non-hydrogen) atoms. The molecule has 0 bridgehead atoms. The molecule has 5 nitrogen and oxygen atoms in total. The summed E-state index contributed by atoms with van der Waals surface area (Å²) in [5.41, 5.74) is 0.229. The smallest absolute Gasteiger partial charge is 0.416 e. The zero-order valence-corrected chi connectivity index (χ0v) is 12.2. The van der Waals surface area contributed by atoms with Gasteiger partial charge in [-0.25, -0.2) is 4.68 Å². The summed E-state index contributed by atoms with van der Waals surface area (Å²) in [5.74, 6) is -0.180. The van der Waals surface area contributed by atoms with Crippen molar-refractivity contribution >= 4 is 11.6 Å². The summed E-state index contributed by atoms with van der Waals surface area (Å²) >= 11 is 0. The molecular weight excluding hydrogens is 299 g/mol. The van der Waals surface area contributed by atoms with E-state index in [1.807, 2.05) is 0 Å². The van der Waals surface area contributed by atoms with E-state index in [0.29, 0.717) is 17.3 Å². The number of benzene rings is 1. The van der Waals surface area contributed by atoms with Crippen molar-refractivity contribution < 1.29 is 22.7 Å². The topological polar surface area (TPSA) is 56.1 Å². The number of anilines is 1. The van der Waals surface area contributed by atoms with E-state index < -0.39 is 17.6 Å². The van der Waals surface area contributed by atoms with Crippen LogP contribution in [0.1, 0.15) is 21.6 Å². The number of carbonyl (C=O) groups is 1. The van der Waals surface area contributed by atoms with Crippen LogP contribution in [0.3, 0.4) is 0 Å². The number of hydrogen-bond donors (Lipinski definition) is 1. The van der Waals surface area contributed by atoms with Crippen LogP contribution >= 0.6 is 0 Å². The summed E-state index contributed by atoms with van der Waals surface area (Å²) in [6.45, 7) is 1.69. The Labute approximate surface area is 124 Å². The highest BCUT2D eigenvalue weighted by molar-refractivity contribution is 6.05. The van der Waals surface area contributed by atoms with Crippen molar-refractivity contribution in [2.24, 2.45) is 7.05 Å². The Morgan fingerprint density at radius 1 is 1.27 bits per heavy atom. The Balaban J connectivity index is 2.23. The molecule has 0 spiro atoms. The molecule has 118 valence electrons. The number of alkyl halides is 3. The van der Waals surface area contributed by atoms with Gasteiger partial charge in [-0.2, -0.15) is 18.3 Å². The predicted molar refractivity (Wildman–Crippen MR) is 73.9 cm³/mol. The molecule has 0 unspecified atom stereocenters. The molecule has 2 rings (SSSR count). The molecule has 8 heteroatoms. The Hall–Kier alpha value is -2.51. The van der Waals surface area contributed by atoms with E-state index in [1.165, 1.54) is 11.8 Å². The fourth-order valence-corrected chi connectivity index (χ4v) is 2.01. The highest BCUT2D eigenvalue weighted by Crippen LogP contribution is 2.30. The minimum atomic E-state index is -4.43. The van der Waals surface area contributed by atoms with E-state index in [9.17, 15) is 18.0 Å². The lowest BCUT2D eigenvalue weighted by Crippen LogP contribution is -2.14. The van der Waals surface area contributed by atoms with Crippen molar-refractivity contribution in [2.75, 3.05) is 12.4 Å². The molecule has 0 aliphatic carbocycles. The number of nitrogens with one attached hydrogen (secondary N) is 1. The van der Waals surface area contributed by atoms with Crippen molar-refractivity contribution in [3.63, 3.8) is 0 Å². The molecule has 0 saturated carbocycles. The summed E-state index contributed by atoms with van der Waals surface area (Å²) in [5, 5.41) is 6.70. The van der Waals surface area contributed by atoms with E-state index in [0.717, 1.165) is 24.3 Å². The lowest BCUT2D eigenvalue weighted by atomic mass is 10.1. The van der Waals surface area contributed by atoms with Gasteiger partial charge in [0.1, 0.15) is 5.69 Å². The van der Waals surface area contributed by atoms with Gasteiger partial charge >= 0.3 is 6.18 Å². The van der Waals surface area contributed by atoms with E-state index >= 15 is 0 Å². The third-order valence-corrected chi connectivity index (χ3v) is 3.08. The molecule has 1 amide bonds. The zero-order chi connectivity index (χ0) is 16.5. The fraction of sp³-hybridized carbons (Fsp3) is 0.286. The molecule has 0 saturated heterocycles. The average Bonchev–Trinajstić information content (AvgIpc) is 2.71. The van der Waals surface area contributed by atoms with Crippen molar-refractivity contribution in [3.8, 4) is 5.88 Å². The minimum Gasteiger partial charge on any atom is -0.480 e. The lowest BCUT2D eigenvalue weighted by Gasteiger charge is -2.09. The number of nitrogens with zero attached hydrogens (tertiary/aromatic N) is 2. The van der Waals surface area contributed by atoms with Gasteiger partial charge in [-0.3, -0.25) is 4.79 Å². The number of hydrogen-bond acceptors (Lipinski definition) is 3. The first-order chi connectivity index (χ1) is 10.2. The van der Waals surface area contributed by atoms with Gasteiger partial charge in [0, 0.05) is 12.6 Å². The third kappa shape index (κ3) is 3.05. The number of aromatic nitrogens is 2. The summed E-state index contributed by atoms with van der Waals surface area (Å²) in [6, 6.07) is 3.97. The largest absolute Gasteiger partial charge is 0.480 e. The van der Waals surface area contributed by atoms with Gasteiger partial charge in [-0.1, -0.05) is 0 Å². The number of aryl methyl sites for hydroxylation is 2. The fourth-order valence-electron chi connectivity index (χ4n) is 2.01. The molecule has 1 aromatic carbocycles. The van der Waals surface area contributed by atoms with Gasteiger partial charge in [0.25, 0.3) is 5.91 Å². The Morgan fingerprint density at radius 3 is 2.36 bits per heavy atom. The molecule has 1 aromatic heterocycles. The number of ether oxygens (including phenoxy) is 1. The Kier molecular flexibility index (Phi) is 4.11. The van der Waals surface area contributed by atoms with Crippen LogP contribution < -0.4 is 10.1 Å². The molecule has 1 N–H and O–H groups in total. The van der Waals surface area contributed by atoms with Crippen LogP contribution in [0.25, 0.3) is 0 Å². The average molecular weight is 313 g/mol. The lowest BCUT2D eigenvalue weighted by molar-refractivity contribution is -0.137. The predicted octanol–water partition coefficient (Wildman–Crippen LogP) is 3.01. The van der Waals surface area contributed by atoms with Crippen LogP contribution in [-0.2, 0) is 13.2 Å². The minimum absolute atomic E-state index is 0.110. The van der Waals surface area contributed by atoms with Crippen molar-refractivity contribution in [1.29, 1.82) is 0 Å².